The fraction of sp³-hybridized carbons (Fsp3) is 0.600. The molecule has 1 unspecified atom stereocenters. The minimum Gasteiger partial charge on any atom is -0.381 e. The van der Waals surface area contributed by atoms with E-state index in [0.29, 0.717) is 12.1 Å². The number of nitrogens with one attached hydrogen (secondary N) is 1. The lowest BCUT2D eigenvalue weighted by atomic mass is 9.92. The van der Waals surface area contributed by atoms with Crippen LogP contribution in [0.25, 0.3) is 0 Å². The highest BCUT2D eigenvalue weighted by molar-refractivity contribution is 5.20. The average Bonchev–Trinajstić information content (AvgIpc) is 2.40. The molecule has 1 N–H and O–H groups in total. The largest absolute Gasteiger partial charge is 0.381 e. The van der Waals surface area contributed by atoms with E-state index in [1.54, 1.807) is 13.2 Å². The molecule has 1 fully saturated rings. The van der Waals surface area contributed by atoms with Gasteiger partial charge in [-0.2, -0.15) is 0 Å². The number of halogens is 1. The average molecular weight is 251 g/mol. The van der Waals surface area contributed by atoms with Gasteiger partial charge in [-0.05, 0) is 38.7 Å². The van der Waals surface area contributed by atoms with E-state index in [2.05, 4.69) is 5.32 Å². The van der Waals surface area contributed by atoms with Gasteiger partial charge in [0.05, 0.1) is 6.10 Å². The molecule has 1 aromatic rings. The fourth-order valence-electron chi connectivity index (χ4n) is 2.73. The summed E-state index contributed by atoms with van der Waals surface area (Å²) >= 11 is 0. The van der Waals surface area contributed by atoms with Gasteiger partial charge >= 0.3 is 0 Å². The summed E-state index contributed by atoms with van der Waals surface area (Å²) in [5, 5.41) is 3.53. The SMILES string of the molecule is COC1CCC(NC(C)c2ccccc2F)CC1. The summed E-state index contributed by atoms with van der Waals surface area (Å²) in [5.41, 5.74) is 0.756. The van der Waals surface area contributed by atoms with Crippen molar-refractivity contribution in [1.82, 2.24) is 5.32 Å². The van der Waals surface area contributed by atoms with Crippen molar-refractivity contribution in [2.24, 2.45) is 0 Å². The maximum Gasteiger partial charge on any atom is 0.127 e. The topological polar surface area (TPSA) is 21.3 Å². The highest BCUT2D eigenvalue weighted by atomic mass is 19.1. The number of methoxy groups -OCH3 is 1. The predicted octanol–water partition coefficient (Wildman–Crippen LogP) is 3.43. The van der Waals surface area contributed by atoms with Crippen LogP contribution in [-0.2, 0) is 4.74 Å². The molecule has 0 aromatic heterocycles. The van der Waals surface area contributed by atoms with Gasteiger partial charge in [-0.3, -0.25) is 0 Å². The van der Waals surface area contributed by atoms with E-state index in [0.717, 1.165) is 31.2 Å². The Bertz CT molecular complexity index is 375. The highest BCUT2D eigenvalue weighted by Gasteiger charge is 2.22. The smallest absolute Gasteiger partial charge is 0.127 e. The Morgan fingerprint density at radius 1 is 1.22 bits per heavy atom. The molecule has 1 saturated carbocycles. The van der Waals surface area contributed by atoms with Crippen molar-refractivity contribution >= 4 is 0 Å². The van der Waals surface area contributed by atoms with Gasteiger partial charge in [-0.1, -0.05) is 18.2 Å². The van der Waals surface area contributed by atoms with Crippen molar-refractivity contribution in [2.45, 2.75) is 50.8 Å². The number of ether oxygens (including phenoxy) is 1. The molecule has 100 valence electrons. The molecule has 2 rings (SSSR count). The molecule has 2 nitrogen and oxygen atoms in total. The minimum absolute atomic E-state index is 0.0651. The summed E-state index contributed by atoms with van der Waals surface area (Å²) in [6.45, 7) is 2.03. The molecule has 1 aromatic carbocycles. The Balaban J connectivity index is 1.89. The van der Waals surface area contributed by atoms with Gasteiger partial charge in [-0.25, -0.2) is 4.39 Å². The summed E-state index contributed by atoms with van der Waals surface area (Å²) in [7, 11) is 1.78. The summed E-state index contributed by atoms with van der Waals surface area (Å²) < 4.78 is 19.0. The standard InChI is InChI=1S/C15H22FNO/c1-11(14-5-3-4-6-15(14)16)17-12-7-9-13(18-2)10-8-12/h3-6,11-13,17H,7-10H2,1-2H3. The van der Waals surface area contributed by atoms with Gasteiger partial charge in [0.2, 0.25) is 0 Å². The van der Waals surface area contributed by atoms with E-state index >= 15 is 0 Å². The van der Waals surface area contributed by atoms with Crippen LogP contribution >= 0.6 is 0 Å². The normalized spacial score (nSPS) is 25.9. The van der Waals surface area contributed by atoms with Crippen molar-refractivity contribution in [3.05, 3.63) is 35.6 Å². The van der Waals surface area contributed by atoms with Gasteiger partial charge in [0.15, 0.2) is 0 Å². The zero-order valence-corrected chi connectivity index (χ0v) is 11.2. The van der Waals surface area contributed by atoms with Crippen molar-refractivity contribution < 1.29 is 9.13 Å². The number of hydrogen-bond donors (Lipinski definition) is 1. The summed E-state index contributed by atoms with van der Waals surface area (Å²) in [6.07, 6.45) is 4.82. The molecule has 18 heavy (non-hydrogen) atoms. The van der Waals surface area contributed by atoms with Crippen molar-refractivity contribution in [3.8, 4) is 0 Å². The van der Waals surface area contributed by atoms with Crippen LogP contribution in [0.5, 0.6) is 0 Å². The monoisotopic (exact) mass is 251 g/mol. The minimum atomic E-state index is -0.122. The Hall–Kier alpha value is -0.930. The Labute approximate surface area is 109 Å². The lowest BCUT2D eigenvalue weighted by Crippen LogP contribution is -2.36. The van der Waals surface area contributed by atoms with Gasteiger partial charge in [0, 0.05) is 24.8 Å². The second-order valence-electron chi connectivity index (χ2n) is 5.12. The molecule has 3 heteroatoms. The van der Waals surface area contributed by atoms with Crippen molar-refractivity contribution in [1.29, 1.82) is 0 Å². The van der Waals surface area contributed by atoms with Crippen molar-refractivity contribution in [3.63, 3.8) is 0 Å². The first-order valence-electron chi connectivity index (χ1n) is 6.74. The van der Waals surface area contributed by atoms with Gasteiger partial charge in [-0.15, -0.1) is 0 Å². The van der Waals surface area contributed by atoms with Crippen LogP contribution in [0.4, 0.5) is 4.39 Å². The number of hydrogen-bond acceptors (Lipinski definition) is 2. The third-order valence-corrected chi connectivity index (χ3v) is 3.86. The molecular formula is C15H22FNO. The van der Waals surface area contributed by atoms with Gasteiger partial charge in [0.25, 0.3) is 0 Å². The van der Waals surface area contributed by atoms with Crippen LogP contribution in [0.15, 0.2) is 24.3 Å². The molecule has 1 aliphatic rings. The Morgan fingerprint density at radius 2 is 1.89 bits per heavy atom. The Kier molecular flexibility index (Phi) is 4.72. The van der Waals surface area contributed by atoms with E-state index in [9.17, 15) is 4.39 Å². The predicted molar refractivity (Wildman–Crippen MR) is 71.0 cm³/mol. The third kappa shape index (κ3) is 3.30. The first-order valence-corrected chi connectivity index (χ1v) is 6.74. The second kappa shape index (κ2) is 6.30. The first-order chi connectivity index (χ1) is 8.70. The van der Waals surface area contributed by atoms with Gasteiger partial charge in [0.1, 0.15) is 5.82 Å². The molecule has 0 spiro atoms. The molecule has 1 atom stereocenters. The van der Waals surface area contributed by atoms with Crippen LogP contribution in [0.3, 0.4) is 0 Å². The van der Waals surface area contributed by atoms with Gasteiger partial charge < -0.3 is 10.1 Å². The van der Waals surface area contributed by atoms with E-state index in [1.807, 2.05) is 19.1 Å². The lowest BCUT2D eigenvalue weighted by molar-refractivity contribution is 0.0613. The molecule has 0 bridgehead atoms. The molecular weight excluding hydrogens is 229 g/mol. The summed E-state index contributed by atoms with van der Waals surface area (Å²) in [6, 6.07) is 7.54. The van der Waals surface area contributed by atoms with Crippen LogP contribution in [0.1, 0.15) is 44.2 Å². The number of benzene rings is 1. The van der Waals surface area contributed by atoms with E-state index in [1.165, 1.54) is 6.07 Å². The highest BCUT2D eigenvalue weighted by Crippen LogP contribution is 2.24. The fourth-order valence-corrected chi connectivity index (χ4v) is 2.73. The van der Waals surface area contributed by atoms with Crippen LogP contribution in [-0.4, -0.2) is 19.3 Å². The molecule has 0 heterocycles. The summed E-state index contributed by atoms with van der Waals surface area (Å²) in [5.74, 6) is -0.122. The van der Waals surface area contributed by atoms with E-state index < -0.39 is 0 Å². The number of rotatable bonds is 4. The molecule has 1 aliphatic carbocycles. The maximum absolute atomic E-state index is 13.7. The lowest BCUT2D eigenvalue weighted by Gasteiger charge is -2.30. The maximum atomic E-state index is 13.7. The molecule has 0 aliphatic heterocycles. The quantitative estimate of drug-likeness (QED) is 0.885. The third-order valence-electron chi connectivity index (χ3n) is 3.86. The molecule has 0 amide bonds. The Morgan fingerprint density at radius 3 is 2.50 bits per heavy atom. The second-order valence-corrected chi connectivity index (χ2v) is 5.12. The summed E-state index contributed by atoms with van der Waals surface area (Å²) in [4.78, 5) is 0. The van der Waals surface area contributed by atoms with Crippen LogP contribution < -0.4 is 5.32 Å². The first kappa shape index (κ1) is 13.5. The molecule has 0 saturated heterocycles. The van der Waals surface area contributed by atoms with Crippen LogP contribution in [0.2, 0.25) is 0 Å². The van der Waals surface area contributed by atoms with Crippen molar-refractivity contribution in [2.75, 3.05) is 7.11 Å². The van der Waals surface area contributed by atoms with E-state index in [-0.39, 0.29) is 11.9 Å². The zero-order valence-electron chi connectivity index (χ0n) is 11.2. The van der Waals surface area contributed by atoms with E-state index in [4.69, 9.17) is 4.74 Å². The zero-order chi connectivity index (χ0) is 13.0. The van der Waals surface area contributed by atoms with Crippen LogP contribution in [0, 0.1) is 5.82 Å². The molecule has 0 radical (unpaired) electrons.